The first-order valence-corrected chi connectivity index (χ1v) is 8.73. The number of rotatable bonds is 4. The minimum atomic E-state index is -0.646. The normalized spacial score (nSPS) is 15.5. The summed E-state index contributed by atoms with van der Waals surface area (Å²) >= 11 is 1.59. The molecular formula is C15H20N6O3S. The molecule has 0 bridgehead atoms. The van der Waals surface area contributed by atoms with E-state index in [2.05, 4.69) is 9.88 Å². The van der Waals surface area contributed by atoms with Gasteiger partial charge in [-0.3, -0.25) is 23.6 Å². The molecule has 0 aliphatic carbocycles. The van der Waals surface area contributed by atoms with Crippen LogP contribution in [0.2, 0.25) is 0 Å². The molecule has 0 saturated carbocycles. The van der Waals surface area contributed by atoms with Gasteiger partial charge in [-0.05, 0) is 0 Å². The van der Waals surface area contributed by atoms with Crippen molar-refractivity contribution in [2.24, 2.45) is 14.1 Å². The number of piperazine rings is 1. The molecule has 0 spiro atoms. The molecule has 0 atom stereocenters. The van der Waals surface area contributed by atoms with Gasteiger partial charge in [-0.2, -0.15) is 0 Å². The van der Waals surface area contributed by atoms with Crippen molar-refractivity contribution >= 4 is 28.1 Å². The summed E-state index contributed by atoms with van der Waals surface area (Å²) in [6.45, 7) is 3.01. The average Bonchev–Trinajstić information content (AvgIpc) is 3.14. The largest absolute Gasteiger partial charge is 0.384 e. The molecule has 1 aliphatic heterocycles. The van der Waals surface area contributed by atoms with Crippen LogP contribution in [-0.4, -0.2) is 57.5 Å². The van der Waals surface area contributed by atoms with E-state index in [-0.39, 0.29) is 23.7 Å². The van der Waals surface area contributed by atoms with Crippen molar-refractivity contribution in [3.8, 4) is 0 Å². The zero-order valence-electron chi connectivity index (χ0n) is 14.1. The number of thiazole rings is 1. The zero-order chi connectivity index (χ0) is 18.1. The first-order valence-electron chi connectivity index (χ1n) is 7.85. The Morgan fingerprint density at radius 3 is 2.48 bits per heavy atom. The SMILES string of the molecule is Cn1c(N)c(C(=O)CN2CCN(c3nccs3)CC2)c(=O)n(C)c1=O. The molecule has 2 aromatic heterocycles. The number of carbonyl (C=O) groups is 1. The number of nitrogens with two attached hydrogens (primary N) is 1. The second-order valence-corrected chi connectivity index (χ2v) is 6.84. The van der Waals surface area contributed by atoms with Gasteiger partial charge in [0.15, 0.2) is 10.9 Å². The number of aromatic nitrogens is 3. The number of Topliss-reactive ketones (excluding diaryl/α,β-unsaturated/α-hetero) is 1. The van der Waals surface area contributed by atoms with Crippen molar-refractivity contribution in [3.05, 3.63) is 38.0 Å². The Morgan fingerprint density at radius 2 is 1.88 bits per heavy atom. The highest BCUT2D eigenvalue weighted by atomic mass is 32.1. The molecule has 0 amide bonds. The molecule has 2 aromatic rings. The lowest BCUT2D eigenvalue weighted by molar-refractivity contribution is 0.0924. The van der Waals surface area contributed by atoms with Crippen LogP contribution < -0.4 is 21.9 Å². The van der Waals surface area contributed by atoms with Crippen molar-refractivity contribution < 1.29 is 4.79 Å². The molecule has 0 radical (unpaired) electrons. The molecular weight excluding hydrogens is 344 g/mol. The number of anilines is 2. The van der Waals surface area contributed by atoms with Crippen LogP contribution in [0.1, 0.15) is 10.4 Å². The summed E-state index contributed by atoms with van der Waals surface area (Å²) in [6.07, 6.45) is 1.77. The molecule has 1 saturated heterocycles. The fourth-order valence-electron chi connectivity index (χ4n) is 2.87. The maximum atomic E-state index is 12.6. The van der Waals surface area contributed by atoms with Crippen LogP contribution in [-0.2, 0) is 14.1 Å². The number of carbonyl (C=O) groups excluding carboxylic acids is 1. The molecule has 1 fully saturated rings. The van der Waals surface area contributed by atoms with Gasteiger partial charge in [-0.1, -0.05) is 0 Å². The summed E-state index contributed by atoms with van der Waals surface area (Å²) in [7, 11) is 2.79. The molecule has 25 heavy (non-hydrogen) atoms. The van der Waals surface area contributed by atoms with Crippen molar-refractivity contribution in [3.63, 3.8) is 0 Å². The van der Waals surface area contributed by atoms with Crippen molar-refractivity contribution in [2.45, 2.75) is 0 Å². The van der Waals surface area contributed by atoms with Crippen LogP contribution in [0.4, 0.5) is 10.9 Å². The molecule has 10 heteroatoms. The van der Waals surface area contributed by atoms with Crippen LogP contribution in [0.25, 0.3) is 0 Å². The number of hydrogen-bond acceptors (Lipinski definition) is 8. The third kappa shape index (κ3) is 3.22. The highest BCUT2D eigenvalue weighted by Gasteiger charge is 2.25. The first kappa shape index (κ1) is 17.4. The highest BCUT2D eigenvalue weighted by molar-refractivity contribution is 7.13. The van der Waals surface area contributed by atoms with Crippen LogP contribution in [0.3, 0.4) is 0 Å². The summed E-state index contributed by atoms with van der Waals surface area (Å²) in [6, 6.07) is 0. The maximum absolute atomic E-state index is 12.6. The maximum Gasteiger partial charge on any atom is 0.332 e. The summed E-state index contributed by atoms with van der Waals surface area (Å²) in [5, 5.41) is 2.91. The van der Waals surface area contributed by atoms with E-state index in [4.69, 9.17) is 5.73 Å². The van der Waals surface area contributed by atoms with Gasteiger partial charge < -0.3 is 10.6 Å². The van der Waals surface area contributed by atoms with Crippen LogP contribution in [0.15, 0.2) is 21.2 Å². The molecule has 9 nitrogen and oxygen atoms in total. The smallest absolute Gasteiger partial charge is 0.332 e. The Bertz CT molecular complexity index is 893. The van der Waals surface area contributed by atoms with E-state index in [1.165, 1.54) is 14.1 Å². The fourth-order valence-corrected chi connectivity index (χ4v) is 3.57. The van der Waals surface area contributed by atoms with Gasteiger partial charge >= 0.3 is 5.69 Å². The molecule has 134 valence electrons. The van der Waals surface area contributed by atoms with Gasteiger partial charge in [0.05, 0.1) is 6.54 Å². The Balaban J connectivity index is 1.72. The van der Waals surface area contributed by atoms with Gasteiger partial charge in [0, 0.05) is 51.9 Å². The summed E-state index contributed by atoms with van der Waals surface area (Å²) < 4.78 is 2.03. The van der Waals surface area contributed by atoms with E-state index in [0.29, 0.717) is 13.1 Å². The predicted octanol–water partition coefficient (Wildman–Crippen LogP) is -0.872. The molecule has 2 N–H and O–H groups in total. The number of ketones is 1. The zero-order valence-corrected chi connectivity index (χ0v) is 15.0. The Labute approximate surface area is 147 Å². The second kappa shape index (κ2) is 6.81. The van der Waals surface area contributed by atoms with Gasteiger partial charge in [0.25, 0.3) is 5.56 Å². The van der Waals surface area contributed by atoms with E-state index in [0.717, 1.165) is 27.4 Å². The minimum Gasteiger partial charge on any atom is -0.384 e. The first-order chi connectivity index (χ1) is 11.9. The van der Waals surface area contributed by atoms with E-state index in [1.54, 1.807) is 17.5 Å². The summed E-state index contributed by atoms with van der Waals surface area (Å²) in [5.74, 6) is -0.448. The van der Waals surface area contributed by atoms with Crippen molar-refractivity contribution in [1.82, 2.24) is 19.0 Å². The number of hydrogen-bond donors (Lipinski definition) is 1. The van der Waals surface area contributed by atoms with Gasteiger partial charge in [-0.15, -0.1) is 11.3 Å². The second-order valence-electron chi connectivity index (χ2n) is 5.97. The van der Waals surface area contributed by atoms with Crippen molar-refractivity contribution in [1.29, 1.82) is 0 Å². The third-order valence-corrected chi connectivity index (χ3v) is 5.25. The van der Waals surface area contributed by atoms with Gasteiger partial charge in [0.2, 0.25) is 0 Å². The van der Waals surface area contributed by atoms with E-state index in [9.17, 15) is 14.4 Å². The van der Waals surface area contributed by atoms with E-state index >= 15 is 0 Å². The predicted molar refractivity (Wildman–Crippen MR) is 96.4 cm³/mol. The van der Waals surface area contributed by atoms with Crippen LogP contribution in [0.5, 0.6) is 0 Å². The lowest BCUT2D eigenvalue weighted by atomic mass is 10.1. The lowest BCUT2D eigenvalue weighted by Crippen LogP contribution is -2.49. The molecule has 1 aliphatic rings. The summed E-state index contributed by atoms with van der Waals surface area (Å²) in [5.41, 5.74) is 4.53. The number of nitrogens with zero attached hydrogens (tertiary/aromatic N) is 5. The Morgan fingerprint density at radius 1 is 1.20 bits per heavy atom. The van der Waals surface area contributed by atoms with Gasteiger partial charge in [0.1, 0.15) is 11.4 Å². The molecule has 3 heterocycles. The molecule has 0 unspecified atom stereocenters. The minimum absolute atomic E-state index is 0.0838. The fraction of sp³-hybridized carbons (Fsp3) is 0.467. The standard InChI is InChI=1S/C15H20N6O3S/c1-18-12(16)11(13(23)19(2)15(18)24)10(22)9-20-4-6-21(7-5-20)14-17-3-8-25-14/h3,8H,4-7,9,16H2,1-2H3. The van der Waals surface area contributed by atoms with E-state index in [1.807, 2.05) is 10.3 Å². The van der Waals surface area contributed by atoms with Crippen LogP contribution in [0, 0.1) is 0 Å². The van der Waals surface area contributed by atoms with Crippen molar-refractivity contribution in [2.75, 3.05) is 43.4 Å². The topological polar surface area (TPSA) is 106 Å². The van der Waals surface area contributed by atoms with Crippen LogP contribution >= 0.6 is 11.3 Å². The summed E-state index contributed by atoms with van der Waals surface area (Å²) in [4.78, 5) is 45.2. The average molecular weight is 364 g/mol. The lowest BCUT2D eigenvalue weighted by Gasteiger charge is -2.34. The molecule has 3 rings (SSSR count). The van der Waals surface area contributed by atoms with E-state index < -0.39 is 11.2 Å². The number of nitrogen functional groups attached to an aromatic ring is 1. The third-order valence-electron chi connectivity index (χ3n) is 4.42. The van der Waals surface area contributed by atoms with Gasteiger partial charge in [-0.25, -0.2) is 9.78 Å². The molecule has 0 aromatic carbocycles. The Hall–Kier alpha value is -2.46. The highest BCUT2D eigenvalue weighted by Crippen LogP contribution is 2.19. The Kier molecular flexibility index (Phi) is 4.73. The monoisotopic (exact) mass is 364 g/mol. The quantitative estimate of drug-likeness (QED) is 0.703.